The van der Waals surface area contributed by atoms with Gasteiger partial charge in [-0.2, -0.15) is 18.3 Å². The molecule has 0 saturated heterocycles. The maximum Gasteiger partial charge on any atom is 0.415 e. The van der Waals surface area contributed by atoms with E-state index in [9.17, 15) is 18.0 Å². The van der Waals surface area contributed by atoms with Crippen molar-refractivity contribution in [2.45, 2.75) is 32.1 Å². The average molecular weight is 264 g/mol. The molecule has 1 aromatic heterocycles. The van der Waals surface area contributed by atoms with Gasteiger partial charge in [0, 0.05) is 24.8 Å². The summed E-state index contributed by atoms with van der Waals surface area (Å²) in [7, 11) is 1.70. The van der Waals surface area contributed by atoms with Gasteiger partial charge in [-0.25, -0.2) is 0 Å². The van der Waals surface area contributed by atoms with E-state index in [-0.39, 0.29) is 6.54 Å². The van der Waals surface area contributed by atoms with Gasteiger partial charge in [-0.1, -0.05) is 0 Å². The molecule has 0 aromatic carbocycles. The highest BCUT2D eigenvalue weighted by atomic mass is 19.4. The van der Waals surface area contributed by atoms with Gasteiger partial charge in [0.15, 0.2) is 5.54 Å². The Morgan fingerprint density at radius 3 is 2.50 bits per heavy atom. The van der Waals surface area contributed by atoms with Crippen LogP contribution in [0.4, 0.5) is 13.2 Å². The van der Waals surface area contributed by atoms with Crippen molar-refractivity contribution in [2.75, 3.05) is 0 Å². The minimum atomic E-state index is -4.79. The van der Waals surface area contributed by atoms with Crippen LogP contribution in [0.1, 0.15) is 18.2 Å². The third kappa shape index (κ3) is 2.63. The Hall–Kier alpha value is -1.57. The number of halogens is 3. The second kappa shape index (κ2) is 4.60. The molecule has 0 aliphatic carbocycles. The van der Waals surface area contributed by atoms with Crippen molar-refractivity contribution in [3.05, 3.63) is 17.5 Å². The molecule has 0 saturated carbocycles. The molecule has 5 nitrogen and oxygen atoms in total. The van der Waals surface area contributed by atoms with Crippen molar-refractivity contribution < 1.29 is 18.0 Å². The number of aromatic nitrogens is 2. The maximum absolute atomic E-state index is 12.5. The number of amides is 1. The molecule has 1 amide bonds. The van der Waals surface area contributed by atoms with Crippen LogP contribution in [-0.4, -0.2) is 27.4 Å². The van der Waals surface area contributed by atoms with E-state index in [1.807, 2.05) is 0 Å². The van der Waals surface area contributed by atoms with Crippen LogP contribution in [0, 0.1) is 6.92 Å². The number of hydrogen-bond acceptors (Lipinski definition) is 3. The van der Waals surface area contributed by atoms with Crippen LogP contribution in [0.5, 0.6) is 0 Å². The fourth-order valence-corrected chi connectivity index (χ4v) is 1.21. The lowest BCUT2D eigenvalue weighted by molar-refractivity contribution is -0.187. The molecular formula is C10H15F3N4O. The number of nitrogens with one attached hydrogen (secondary N) is 1. The van der Waals surface area contributed by atoms with Gasteiger partial charge in [0.25, 0.3) is 0 Å². The Morgan fingerprint density at radius 2 is 2.11 bits per heavy atom. The van der Waals surface area contributed by atoms with Gasteiger partial charge in [0.1, 0.15) is 0 Å². The van der Waals surface area contributed by atoms with Crippen molar-refractivity contribution in [2.24, 2.45) is 12.8 Å². The third-order valence-corrected chi connectivity index (χ3v) is 2.84. The summed E-state index contributed by atoms with van der Waals surface area (Å²) in [5.74, 6) is -1.27. The normalized spacial score (nSPS) is 15.3. The Bertz CT molecular complexity index is 450. The van der Waals surface area contributed by atoms with E-state index < -0.39 is 17.6 Å². The van der Waals surface area contributed by atoms with Gasteiger partial charge < -0.3 is 11.1 Å². The fourth-order valence-electron chi connectivity index (χ4n) is 1.21. The quantitative estimate of drug-likeness (QED) is 0.840. The number of carbonyl (C=O) groups is 1. The number of aryl methyl sites for hydroxylation is 1. The second-order valence-electron chi connectivity index (χ2n) is 4.26. The topological polar surface area (TPSA) is 72.9 Å². The minimum absolute atomic E-state index is 0.0403. The number of nitrogens with two attached hydrogens (primary N) is 1. The summed E-state index contributed by atoms with van der Waals surface area (Å²) in [6.45, 7) is 2.35. The van der Waals surface area contributed by atoms with E-state index in [4.69, 9.17) is 5.73 Å². The van der Waals surface area contributed by atoms with Crippen LogP contribution in [-0.2, 0) is 18.4 Å². The zero-order valence-electron chi connectivity index (χ0n) is 10.3. The predicted molar refractivity (Wildman–Crippen MR) is 58.4 cm³/mol. The summed E-state index contributed by atoms with van der Waals surface area (Å²) in [6, 6.07) is 0. The summed E-state index contributed by atoms with van der Waals surface area (Å²) in [5.41, 5.74) is 3.49. The average Bonchev–Trinajstić information content (AvgIpc) is 2.55. The molecule has 102 valence electrons. The second-order valence-corrected chi connectivity index (χ2v) is 4.26. The molecule has 1 heterocycles. The largest absolute Gasteiger partial charge is 0.415 e. The van der Waals surface area contributed by atoms with Crippen LogP contribution in [0.25, 0.3) is 0 Å². The van der Waals surface area contributed by atoms with E-state index in [1.54, 1.807) is 18.7 Å². The fraction of sp³-hybridized carbons (Fsp3) is 0.600. The zero-order valence-corrected chi connectivity index (χ0v) is 10.3. The van der Waals surface area contributed by atoms with Crippen molar-refractivity contribution in [1.29, 1.82) is 0 Å². The van der Waals surface area contributed by atoms with Crippen LogP contribution in [0.2, 0.25) is 0 Å². The molecule has 0 aliphatic rings. The first kappa shape index (κ1) is 14.5. The molecule has 0 aliphatic heterocycles. The summed E-state index contributed by atoms with van der Waals surface area (Å²) in [4.78, 5) is 11.4. The molecule has 1 aromatic rings. The minimum Gasteiger partial charge on any atom is -0.350 e. The lowest BCUT2D eigenvalue weighted by Gasteiger charge is -2.26. The Labute approximate surface area is 102 Å². The molecule has 1 unspecified atom stereocenters. The maximum atomic E-state index is 12.5. The highest BCUT2D eigenvalue weighted by molar-refractivity contribution is 5.86. The Morgan fingerprint density at radius 1 is 1.56 bits per heavy atom. The van der Waals surface area contributed by atoms with E-state index in [1.165, 1.54) is 6.20 Å². The van der Waals surface area contributed by atoms with Crippen LogP contribution in [0.3, 0.4) is 0 Å². The highest BCUT2D eigenvalue weighted by Crippen LogP contribution is 2.28. The molecular weight excluding hydrogens is 249 g/mol. The lowest BCUT2D eigenvalue weighted by atomic mass is 10.0. The molecule has 0 fully saturated rings. The molecule has 8 heteroatoms. The lowest BCUT2D eigenvalue weighted by Crippen LogP contribution is -2.61. The van der Waals surface area contributed by atoms with Crippen LogP contribution in [0.15, 0.2) is 6.20 Å². The van der Waals surface area contributed by atoms with Gasteiger partial charge >= 0.3 is 6.18 Å². The van der Waals surface area contributed by atoms with Crippen LogP contribution >= 0.6 is 0 Å². The van der Waals surface area contributed by atoms with E-state index in [0.717, 1.165) is 5.69 Å². The van der Waals surface area contributed by atoms with E-state index in [0.29, 0.717) is 12.5 Å². The summed E-state index contributed by atoms with van der Waals surface area (Å²) in [6.07, 6.45) is -3.31. The van der Waals surface area contributed by atoms with Gasteiger partial charge in [-0.3, -0.25) is 9.48 Å². The number of alkyl halides is 3. The SMILES string of the molecule is Cc1c(CNC(=O)C(C)(N)C(F)(F)F)cnn1C. The predicted octanol–water partition coefficient (Wildman–Crippen LogP) is 0.624. The Kier molecular flexibility index (Phi) is 3.70. The summed E-state index contributed by atoms with van der Waals surface area (Å²) >= 11 is 0. The standard InChI is InChI=1S/C10H15F3N4O/c1-6-7(5-16-17(6)3)4-15-8(18)9(2,14)10(11,12)13/h5H,4,14H2,1-3H3,(H,15,18). The van der Waals surface area contributed by atoms with Crippen molar-refractivity contribution >= 4 is 5.91 Å². The van der Waals surface area contributed by atoms with Crippen molar-refractivity contribution in [1.82, 2.24) is 15.1 Å². The molecule has 1 rings (SSSR count). The van der Waals surface area contributed by atoms with E-state index >= 15 is 0 Å². The van der Waals surface area contributed by atoms with Gasteiger partial charge in [0.2, 0.25) is 5.91 Å². The monoisotopic (exact) mass is 264 g/mol. The first-order valence-electron chi connectivity index (χ1n) is 5.18. The van der Waals surface area contributed by atoms with Gasteiger partial charge in [-0.15, -0.1) is 0 Å². The van der Waals surface area contributed by atoms with Gasteiger partial charge in [-0.05, 0) is 13.8 Å². The molecule has 3 N–H and O–H groups in total. The Balaban J connectivity index is 2.70. The number of carbonyl (C=O) groups excluding carboxylic acids is 1. The van der Waals surface area contributed by atoms with E-state index in [2.05, 4.69) is 10.4 Å². The molecule has 1 atom stereocenters. The number of hydrogen-bond donors (Lipinski definition) is 2. The third-order valence-electron chi connectivity index (χ3n) is 2.84. The number of nitrogens with zero attached hydrogens (tertiary/aromatic N) is 2. The first-order chi connectivity index (χ1) is 8.07. The smallest absolute Gasteiger partial charge is 0.350 e. The highest BCUT2D eigenvalue weighted by Gasteiger charge is 2.53. The summed E-state index contributed by atoms with van der Waals surface area (Å²) in [5, 5.41) is 6.08. The van der Waals surface area contributed by atoms with Crippen LogP contribution < -0.4 is 11.1 Å². The molecule has 18 heavy (non-hydrogen) atoms. The van der Waals surface area contributed by atoms with Crippen molar-refractivity contribution in [3.8, 4) is 0 Å². The first-order valence-corrected chi connectivity index (χ1v) is 5.18. The van der Waals surface area contributed by atoms with Crippen molar-refractivity contribution in [3.63, 3.8) is 0 Å². The zero-order chi connectivity index (χ0) is 14.1. The number of rotatable bonds is 3. The molecule has 0 bridgehead atoms. The molecule has 0 spiro atoms. The summed E-state index contributed by atoms with van der Waals surface area (Å²) < 4.78 is 39.0. The molecule has 0 radical (unpaired) electrons. The van der Waals surface area contributed by atoms with Gasteiger partial charge in [0.05, 0.1) is 6.20 Å².